The van der Waals surface area contributed by atoms with E-state index in [4.69, 9.17) is 9.72 Å². The summed E-state index contributed by atoms with van der Waals surface area (Å²) in [5.41, 5.74) is 4.30. The smallest absolute Gasteiger partial charge is 0.227 e. The highest BCUT2D eigenvalue weighted by Gasteiger charge is 2.39. The zero-order chi connectivity index (χ0) is 25.2. The molecule has 5 rings (SSSR count). The van der Waals surface area contributed by atoms with Gasteiger partial charge < -0.3 is 19.9 Å². The van der Waals surface area contributed by atoms with Gasteiger partial charge in [-0.3, -0.25) is 9.78 Å². The molecular formula is C28H40N6O2. The Morgan fingerprint density at radius 1 is 1.11 bits per heavy atom. The van der Waals surface area contributed by atoms with Gasteiger partial charge in [-0.05, 0) is 83.2 Å². The van der Waals surface area contributed by atoms with Crippen molar-refractivity contribution in [2.45, 2.75) is 83.0 Å². The van der Waals surface area contributed by atoms with Gasteiger partial charge in [0.25, 0.3) is 0 Å². The third kappa shape index (κ3) is 5.39. The van der Waals surface area contributed by atoms with E-state index >= 15 is 0 Å². The summed E-state index contributed by atoms with van der Waals surface area (Å²) in [6.07, 6.45) is 10.2. The number of carbonyl (C=O) groups excluding carboxylic acids is 1. The number of likely N-dealkylation sites (tertiary alicyclic amines) is 1. The fraction of sp³-hybridized carbons (Fsp3) is 0.643. The van der Waals surface area contributed by atoms with Gasteiger partial charge in [0.2, 0.25) is 11.9 Å². The van der Waals surface area contributed by atoms with Gasteiger partial charge in [0.05, 0.1) is 18.3 Å². The average molecular weight is 493 g/mol. The van der Waals surface area contributed by atoms with E-state index in [9.17, 15) is 4.79 Å². The Morgan fingerprint density at radius 2 is 1.92 bits per heavy atom. The fourth-order valence-corrected chi connectivity index (χ4v) is 6.15. The van der Waals surface area contributed by atoms with Crippen molar-refractivity contribution >= 4 is 11.9 Å². The standard InChI is InChI=1S/C28H40N6O2/c1-18-5-6-20(14-29-18)25-16-33(3)12-11-24(25)27(35)34-17-26-21(13-19(34)2)15-30-28(32-26)31-22-7-9-23(36-4)10-8-22/h5-6,14-15,19,22-25H,7-13,16-17H2,1-4H3,(H,30,31,32)/t19-,22?,23?,24+,25-/m1/s1. The Morgan fingerprint density at radius 3 is 2.64 bits per heavy atom. The molecule has 4 heterocycles. The number of carbonyl (C=O) groups is 1. The van der Waals surface area contributed by atoms with Crippen molar-refractivity contribution in [3.8, 4) is 0 Å². The first-order valence-corrected chi connectivity index (χ1v) is 13.5. The second-order valence-electron chi connectivity index (χ2n) is 11.0. The maximum absolute atomic E-state index is 14.0. The quantitative estimate of drug-likeness (QED) is 0.683. The molecule has 1 amide bonds. The number of aromatic nitrogens is 3. The molecule has 2 aliphatic heterocycles. The van der Waals surface area contributed by atoms with Crippen molar-refractivity contribution in [3.63, 3.8) is 0 Å². The zero-order valence-corrected chi connectivity index (χ0v) is 22.1. The Hall–Kier alpha value is -2.58. The van der Waals surface area contributed by atoms with Crippen molar-refractivity contribution in [2.75, 3.05) is 32.6 Å². The normalized spacial score (nSPS) is 29.0. The van der Waals surface area contributed by atoms with Gasteiger partial charge in [0.15, 0.2) is 0 Å². The Bertz CT molecular complexity index is 1050. The van der Waals surface area contributed by atoms with Crippen LogP contribution in [0.4, 0.5) is 5.95 Å². The third-order valence-corrected chi connectivity index (χ3v) is 8.44. The van der Waals surface area contributed by atoms with Gasteiger partial charge in [0, 0.05) is 55.7 Å². The van der Waals surface area contributed by atoms with E-state index in [-0.39, 0.29) is 23.8 Å². The second kappa shape index (κ2) is 10.8. The molecule has 1 saturated heterocycles. The summed E-state index contributed by atoms with van der Waals surface area (Å²) >= 11 is 0. The number of aryl methyl sites for hydroxylation is 1. The van der Waals surface area contributed by atoms with Crippen LogP contribution in [0.3, 0.4) is 0 Å². The lowest BCUT2D eigenvalue weighted by Gasteiger charge is -2.41. The Kier molecular flexibility index (Phi) is 7.53. The number of piperidine rings is 1. The van der Waals surface area contributed by atoms with E-state index in [1.54, 1.807) is 7.11 Å². The summed E-state index contributed by atoms with van der Waals surface area (Å²) in [6, 6.07) is 4.71. The monoisotopic (exact) mass is 492 g/mol. The highest BCUT2D eigenvalue weighted by Crippen LogP contribution is 2.35. The minimum atomic E-state index is -0.0369. The average Bonchev–Trinajstić information content (AvgIpc) is 2.89. The number of amides is 1. The molecule has 3 aliphatic rings. The van der Waals surface area contributed by atoms with Gasteiger partial charge in [-0.25, -0.2) is 9.97 Å². The summed E-state index contributed by atoms with van der Waals surface area (Å²) in [6.45, 7) is 6.52. The van der Waals surface area contributed by atoms with Crippen molar-refractivity contribution in [3.05, 3.63) is 47.0 Å². The van der Waals surface area contributed by atoms with Crippen LogP contribution in [0.5, 0.6) is 0 Å². The van der Waals surface area contributed by atoms with E-state index in [1.807, 2.05) is 19.3 Å². The van der Waals surface area contributed by atoms with Crippen LogP contribution < -0.4 is 5.32 Å². The van der Waals surface area contributed by atoms with Crippen LogP contribution in [0.2, 0.25) is 0 Å². The van der Waals surface area contributed by atoms with Gasteiger partial charge in [-0.1, -0.05) is 6.07 Å². The third-order valence-electron chi connectivity index (χ3n) is 8.44. The molecule has 8 heteroatoms. The predicted molar refractivity (Wildman–Crippen MR) is 140 cm³/mol. The lowest BCUT2D eigenvalue weighted by atomic mass is 9.79. The number of likely N-dealkylation sites (N-methyl/N-ethyl adjacent to an activating group) is 1. The van der Waals surface area contributed by atoms with Crippen molar-refractivity contribution in [2.24, 2.45) is 5.92 Å². The second-order valence-corrected chi connectivity index (χ2v) is 11.0. The number of hydrogen-bond donors (Lipinski definition) is 1. The van der Waals surface area contributed by atoms with Crippen molar-refractivity contribution in [1.82, 2.24) is 24.8 Å². The lowest BCUT2D eigenvalue weighted by molar-refractivity contribution is -0.141. The molecule has 0 unspecified atom stereocenters. The zero-order valence-electron chi connectivity index (χ0n) is 22.1. The highest BCUT2D eigenvalue weighted by molar-refractivity contribution is 5.80. The minimum absolute atomic E-state index is 0.0369. The minimum Gasteiger partial charge on any atom is -0.381 e. The first-order chi connectivity index (χ1) is 17.4. The molecule has 36 heavy (non-hydrogen) atoms. The molecule has 3 atom stereocenters. The van der Waals surface area contributed by atoms with E-state index in [0.29, 0.717) is 24.6 Å². The molecule has 0 radical (unpaired) electrons. The maximum Gasteiger partial charge on any atom is 0.227 e. The summed E-state index contributed by atoms with van der Waals surface area (Å²) in [7, 11) is 3.94. The van der Waals surface area contributed by atoms with E-state index in [2.05, 4.69) is 51.2 Å². The number of ether oxygens (including phenoxy) is 1. The molecule has 1 saturated carbocycles. The molecule has 194 valence electrons. The number of pyridine rings is 1. The molecule has 1 N–H and O–H groups in total. The van der Waals surface area contributed by atoms with Crippen LogP contribution in [-0.4, -0.2) is 76.1 Å². The van der Waals surface area contributed by atoms with Crippen molar-refractivity contribution in [1.29, 1.82) is 0 Å². The van der Waals surface area contributed by atoms with Gasteiger partial charge in [0.1, 0.15) is 0 Å². The maximum atomic E-state index is 14.0. The number of nitrogens with one attached hydrogen (secondary N) is 1. The topological polar surface area (TPSA) is 83.5 Å². The number of rotatable bonds is 5. The first-order valence-electron chi connectivity index (χ1n) is 13.5. The van der Waals surface area contributed by atoms with Crippen LogP contribution >= 0.6 is 0 Å². The summed E-state index contributed by atoms with van der Waals surface area (Å²) in [5, 5.41) is 3.54. The Labute approximate surface area is 214 Å². The van der Waals surface area contributed by atoms with Gasteiger partial charge in [-0.15, -0.1) is 0 Å². The number of fused-ring (bicyclic) bond motifs is 1. The SMILES string of the molecule is COC1CCC(Nc2ncc3c(n2)CN(C(=O)[C@H]2CCN(C)C[C@@H]2c2ccc(C)nc2)[C@H](C)C3)CC1. The van der Waals surface area contributed by atoms with Crippen LogP contribution in [0.15, 0.2) is 24.5 Å². The molecule has 1 aliphatic carbocycles. The van der Waals surface area contributed by atoms with Gasteiger partial charge in [-0.2, -0.15) is 0 Å². The van der Waals surface area contributed by atoms with E-state index in [1.165, 1.54) is 0 Å². The molecule has 8 nitrogen and oxygen atoms in total. The lowest BCUT2D eigenvalue weighted by Crippen LogP contribution is -2.50. The molecular weight excluding hydrogens is 452 g/mol. The molecule has 0 aromatic carbocycles. The Balaban J connectivity index is 1.31. The molecule has 2 fully saturated rings. The van der Waals surface area contributed by atoms with Crippen molar-refractivity contribution < 1.29 is 9.53 Å². The molecule has 2 aromatic heterocycles. The molecule has 2 aromatic rings. The van der Waals surface area contributed by atoms with Crippen LogP contribution in [-0.2, 0) is 22.5 Å². The van der Waals surface area contributed by atoms with E-state index < -0.39 is 0 Å². The number of nitrogens with zero attached hydrogens (tertiary/aromatic N) is 5. The first kappa shape index (κ1) is 25.1. The number of anilines is 1. The van der Waals surface area contributed by atoms with E-state index in [0.717, 1.165) is 74.1 Å². The summed E-state index contributed by atoms with van der Waals surface area (Å²) < 4.78 is 5.50. The van der Waals surface area contributed by atoms with Crippen LogP contribution in [0.25, 0.3) is 0 Å². The summed E-state index contributed by atoms with van der Waals surface area (Å²) in [5.74, 6) is 1.05. The molecule has 0 bridgehead atoms. The summed E-state index contributed by atoms with van der Waals surface area (Å²) in [4.78, 5) is 32.4. The number of hydrogen-bond acceptors (Lipinski definition) is 7. The predicted octanol–water partition coefficient (Wildman–Crippen LogP) is 3.56. The fourth-order valence-electron chi connectivity index (χ4n) is 6.15. The number of methoxy groups -OCH3 is 1. The highest BCUT2D eigenvalue weighted by atomic mass is 16.5. The van der Waals surface area contributed by atoms with Crippen LogP contribution in [0, 0.1) is 12.8 Å². The van der Waals surface area contributed by atoms with Gasteiger partial charge >= 0.3 is 0 Å². The van der Waals surface area contributed by atoms with Crippen LogP contribution in [0.1, 0.15) is 67.5 Å². The largest absolute Gasteiger partial charge is 0.381 e. The molecule has 0 spiro atoms.